The van der Waals surface area contributed by atoms with E-state index in [4.69, 9.17) is 4.74 Å². The third-order valence-corrected chi connectivity index (χ3v) is 6.18. The number of likely N-dealkylation sites (N-methyl/N-ethyl adjacent to an activating group) is 1. The lowest BCUT2D eigenvalue weighted by Crippen LogP contribution is -2.52. The van der Waals surface area contributed by atoms with Gasteiger partial charge in [0.25, 0.3) is 0 Å². The highest BCUT2D eigenvalue weighted by atomic mass is 16.5. The highest BCUT2D eigenvalue weighted by Crippen LogP contribution is 2.31. The van der Waals surface area contributed by atoms with E-state index in [-0.39, 0.29) is 5.78 Å². The molecule has 0 spiro atoms. The Balaban J connectivity index is 1.96. The zero-order valence-corrected chi connectivity index (χ0v) is 18.0. The fraction of sp³-hybridized carbons (Fsp3) is 0.440. The molecule has 1 unspecified atom stereocenters. The quantitative estimate of drug-likeness (QED) is 0.634. The van der Waals surface area contributed by atoms with E-state index >= 15 is 0 Å². The number of benzene rings is 2. The molecule has 1 saturated heterocycles. The number of carbonyl (C=O) groups excluding carboxylic acids is 1. The van der Waals surface area contributed by atoms with E-state index in [2.05, 4.69) is 47.9 Å². The van der Waals surface area contributed by atoms with E-state index in [1.54, 1.807) is 0 Å². The highest BCUT2D eigenvalue weighted by molar-refractivity contribution is 6.05. The van der Waals surface area contributed by atoms with Crippen LogP contribution in [-0.4, -0.2) is 56.6 Å². The van der Waals surface area contributed by atoms with E-state index in [0.717, 1.165) is 49.5 Å². The molecule has 29 heavy (non-hydrogen) atoms. The lowest BCUT2D eigenvalue weighted by atomic mass is 9.79. The number of hydrogen-bond donors (Lipinski definition) is 0. The summed E-state index contributed by atoms with van der Waals surface area (Å²) in [6.45, 7) is 9.48. The van der Waals surface area contributed by atoms with Gasteiger partial charge in [-0.05, 0) is 69.6 Å². The first kappa shape index (κ1) is 21.5. The van der Waals surface area contributed by atoms with Crippen LogP contribution in [0.3, 0.4) is 0 Å². The molecule has 2 aromatic carbocycles. The lowest BCUT2D eigenvalue weighted by molar-refractivity contribution is 0.0665. The molecule has 1 aliphatic rings. The molecule has 2 aromatic rings. The van der Waals surface area contributed by atoms with E-state index < -0.39 is 5.54 Å². The number of Topliss-reactive ketones (excluding diaryl/α,β-unsaturated/α-hetero) is 1. The van der Waals surface area contributed by atoms with Gasteiger partial charge in [-0.15, -0.1) is 0 Å². The van der Waals surface area contributed by atoms with Crippen LogP contribution in [-0.2, 0) is 17.6 Å². The minimum Gasteiger partial charge on any atom is -0.378 e. The molecule has 4 heteroatoms. The largest absolute Gasteiger partial charge is 0.378 e. The molecular formula is C25H33N2O2. The molecule has 0 N–H and O–H groups in total. The molecule has 0 saturated carbocycles. The first-order valence-electron chi connectivity index (χ1n) is 10.5. The third kappa shape index (κ3) is 4.54. The van der Waals surface area contributed by atoms with E-state index in [1.165, 1.54) is 5.56 Å². The summed E-state index contributed by atoms with van der Waals surface area (Å²) >= 11 is 0. The Hall–Kier alpha value is -2.17. The monoisotopic (exact) mass is 393 g/mol. The maximum Gasteiger partial charge on any atom is 0.183 e. The van der Waals surface area contributed by atoms with Gasteiger partial charge in [0.05, 0.1) is 18.8 Å². The van der Waals surface area contributed by atoms with Crippen molar-refractivity contribution in [3.63, 3.8) is 0 Å². The number of morpholine rings is 1. The molecule has 1 aliphatic heterocycles. The molecular weight excluding hydrogens is 360 g/mol. The standard InChI is InChI=1S/C25H33N2O2/c1-5-21-18-22(27-14-16-29-17-15-27)12-13-23(21)24(28)25(6-2,26(3)4)19-20-10-8-7-9-11-20/h7-13,18H,1,5-6,14-17,19H2,2-4H3. The second kappa shape index (κ2) is 9.55. The zero-order valence-electron chi connectivity index (χ0n) is 18.0. The number of hydrogen-bond acceptors (Lipinski definition) is 4. The van der Waals surface area contributed by atoms with Gasteiger partial charge in [-0.3, -0.25) is 9.69 Å². The van der Waals surface area contributed by atoms with Crippen LogP contribution in [0.5, 0.6) is 0 Å². The number of carbonyl (C=O) groups is 1. The van der Waals surface area contributed by atoms with Crippen LogP contribution < -0.4 is 4.90 Å². The summed E-state index contributed by atoms with van der Waals surface area (Å²) < 4.78 is 5.47. The van der Waals surface area contributed by atoms with Crippen LogP contribution in [0.25, 0.3) is 0 Å². The first-order chi connectivity index (χ1) is 14.0. The summed E-state index contributed by atoms with van der Waals surface area (Å²) in [5.74, 6) is 0.182. The van der Waals surface area contributed by atoms with Crippen molar-refractivity contribution in [2.24, 2.45) is 0 Å². The van der Waals surface area contributed by atoms with Crippen LogP contribution in [0, 0.1) is 6.92 Å². The summed E-state index contributed by atoms with van der Waals surface area (Å²) in [6.07, 6.45) is 2.03. The van der Waals surface area contributed by atoms with Crippen molar-refractivity contribution in [3.05, 3.63) is 72.1 Å². The second-order valence-corrected chi connectivity index (χ2v) is 7.96. The summed E-state index contributed by atoms with van der Waals surface area (Å²) in [5, 5.41) is 0. The van der Waals surface area contributed by atoms with E-state index in [1.807, 2.05) is 38.4 Å². The van der Waals surface area contributed by atoms with Gasteiger partial charge in [-0.25, -0.2) is 0 Å². The molecule has 1 radical (unpaired) electrons. The minimum absolute atomic E-state index is 0.182. The van der Waals surface area contributed by atoms with Gasteiger partial charge >= 0.3 is 0 Å². The Bertz CT molecular complexity index is 813. The maximum atomic E-state index is 13.9. The predicted molar refractivity (Wildman–Crippen MR) is 120 cm³/mol. The Morgan fingerprint density at radius 3 is 2.41 bits per heavy atom. The van der Waals surface area contributed by atoms with Gasteiger partial charge in [-0.2, -0.15) is 0 Å². The Kier molecular flexibility index (Phi) is 7.09. The van der Waals surface area contributed by atoms with Crippen LogP contribution in [0.15, 0.2) is 48.5 Å². The van der Waals surface area contributed by atoms with Crippen molar-refractivity contribution in [3.8, 4) is 0 Å². The minimum atomic E-state index is -0.578. The molecule has 1 fully saturated rings. The van der Waals surface area contributed by atoms with Crippen LogP contribution in [0.4, 0.5) is 5.69 Å². The van der Waals surface area contributed by atoms with Gasteiger partial charge in [0.2, 0.25) is 0 Å². The summed E-state index contributed by atoms with van der Waals surface area (Å²) in [6, 6.07) is 16.5. The van der Waals surface area contributed by atoms with Gasteiger partial charge in [0.15, 0.2) is 5.78 Å². The molecule has 0 aliphatic carbocycles. The van der Waals surface area contributed by atoms with Gasteiger partial charge in [0, 0.05) is 24.3 Å². The molecule has 3 rings (SSSR count). The lowest BCUT2D eigenvalue weighted by Gasteiger charge is -2.39. The average molecular weight is 394 g/mol. The van der Waals surface area contributed by atoms with E-state index in [9.17, 15) is 4.79 Å². The van der Waals surface area contributed by atoms with Crippen LogP contribution in [0.2, 0.25) is 0 Å². The average Bonchev–Trinajstić information content (AvgIpc) is 2.77. The molecule has 4 nitrogen and oxygen atoms in total. The molecule has 0 aromatic heterocycles. The van der Waals surface area contributed by atoms with Gasteiger partial charge in [0.1, 0.15) is 0 Å². The van der Waals surface area contributed by atoms with Crippen molar-refractivity contribution in [2.45, 2.75) is 31.7 Å². The third-order valence-electron chi connectivity index (χ3n) is 6.18. The summed E-state index contributed by atoms with van der Waals surface area (Å²) in [4.78, 5) is 18.3. The normalized spacial score (nSPS) is 16.7. The molecule has 0 bridgehead atoms. The maximum absolute atomic E-state index is 13.9. The fourth-order valence-electron chi connectivity index (χ4n) is 4.25. The molecule has 155 valence electrons. The van der Waals surface area contributed by atoms with Gasteiger partial charge in [-0.1, -0.05) is 37.3 Å². The predicted octanol–water partition coefficient (Wildman–Crippen LogP) is 4.04. The SMILES string of the molecule is [CH2]Cc1cc(N2CCOCC2)ccc1C(=O)C(CC)(Cc1ccccc1)N(C)C. The Morgan fingerprint density at radius 1 is 1.14 bits per heavy atom. The second-order valence-electron chi connectivity index (χ2n) is 7.96. The smallest absolute Gasteiger partial charge is 0.183 e. The highest BCUT2D eigenvalue weighted by Gasteiger charge is 2.40. The Labute approximate surface area is 175 Å². The van der Waals surface area contributed by atoms with Crippen molar-refractivity contribution in [2.75, 3.05) is 45.3 Å². The number of ketones is 1. The van der Waals surface area contributed by atoms with Crippen molar-refractivity contribution in [1.29, 1.82) is 0 Å². The van der Waals surface area contributed by atoms with Crippen molar-refractivity contribution >= 4 is 11.5 Å². The van der Waals surface area contributed by atoms with Crippen molar-refractivity contribution < 1.29 is 9.53 Å². The number of nitrogens with zero attached hydrogens (tertiary/aromatic N) is 2. The number of ether oxygens (including phenoxy) is 1. The number of rotatable bonds is 8. The van der Waals surface area contributed by atoms with E-state index in [0.29, 0.717) is 12.8 Å². The van der Waals surface area contributed by atoms with Crippen LogP contribution >= 0.6 is 0 Å². The topological polar surface area (TPSA) is 32.8 Å². The molecule has 1 atom stereocenters. The fourth-order valence-corrected chi connectivity index (χ4v) is 4.25. The van der Waals surface area contributed by atoms with Crippen molar-refractivity contribution in [1.82, 2.24) is 4.90 Å². The number of anilines is 1. The van der Waals surface area contributed by atoms with Gasteiger partial charge < -0.3 is 9.64 Å². The Morgan fingerprint density at radius 2 is 1.83 bits per heavy atom. The van der Waals surface area contributed by atoms with Crippen LogP contribution in [0.1, 0.15) is 34.8 Å². The molecule has 0 amide bonds. The zero-order chi connectivity index (χ0) is 20.9. The molecule has 1 heterocycles. The first-order valence-corrected chi connectivity index (χ1v) is 10.5. The summed E-state index contributed by atoms with van der Waals surface area (Å²) in [5.41, 5.74) is 3.57. The summed E-state index contributed by atoms with van der Waals surface area (Å²) in [7, 11) is 4.02.